The molecule has 0 aliphatic rings. The molecular formula is C14H17N3O3. The van der Waals surface area contributed by atoms with Crippen LogP contribution in [-0.2, 0) is 11.8 Å². The van der Waals surface area contributed by atoms with Crippen LogP contribution in [0.5, 0.6) is 5.75 Å². The Morgan fingerprint density at radius 2 is 2.05 bits per heavy atom. The maximum absolute atomic E-state index is 11.8. The van der Waals surface area contributed by atoms with Crippen LogP contribution in [0.1, 0.15) is 16.1 Å². The van der Waals surface area contributed by atoms with Crippen molar-refractivity contribution in [3.05, 3.63) is 35.5 Å². The smallest absolute Gasteiger partial charge is 0.340 e. The second-order valence-electron chi connectivity index (χ2n) is 4.32. The first-order valence-electron chi connectivity index (χ1n) is 6.09. The van der Waals surface area contributed by atoms with Crippen molar-refractivity contribution in [2.75, 3.05) is 19.5 Å². The highest BCUT2D eigenvalue weighted by atomic mass is 16.5. The van der Waals surface area contributed by atoms with Gasteiger partial charge in [-0.15, -0.1) is 0 Å². The van der Waals surface area contributed by atoms with Gasteiger partial charge in [-0.3, -0.25) is 4.68 Å². The lowest BCUT2D eigenvalue weighted by Crippen LogP contribution is -2.07. The SMILES string of the molecule is COC(=O)c1cc(OC)ccc1Nc1cc(C)nn1C. The molecule has 1 aromatic heterocycles. The number of esters is 1. The first kappa shape index (κ1) is 13.9. The van der Waals surface area contributed by atoms with Crippen LogP contribution in [0, 0.1) is 6.92 Å². The van der Waals surface area contributed by atoms with Crippen LogP contribution in [0.25, 0.3) is 0 Å². The van der Waals surface area contributed by atoms with Crippen LogP contribution in [0.2, 0.25) is 0 Å². The zero-order valence-electron chi connectivity index (χ0n) is 11.9. The molecule has 20 heavy (non-hydrogen) atoms. The van der Waals surface area contributed by atoms with Gasteiger partial charge in [-0.25, -0.2) is 4.79 Å². The highest BCUT2D eigenvalue weighted by Gasteiger charge is 2.14. The molecule has 106 valence electrons. The van der Waals surface area contributed by atoms with Gasteiger partial charge in [-0.1, -0.05) is 0 Å². The number of hydrogen-bond donors (Lipinski definition) is 1. The second-order valence-corrected chi connectivity index (χ2v) is 4.32. The predicted molar refractivity (Wildman–Crippen MR) is 75.6 cm³/mol. The van der Waals surface area contributed by atoms with Crippen molar-refractivity contribution < 1.29 is 14.3 Å². The lowest BCUT2D eigenvalue weighted by atomic mass is 10.1. The van der Waals surface area contributed by atoms with E-state index in [4.69, 9.17) is 9.47 Å². The van der Waals surface area contributed by atoms with Gasteiger partial charge in [0.25, 0.3) is 0 Å². The van der Waals surface area contributed by atoms with Gasteiger partial charge >= 0.3 is 5.97 Å². The number of nitrogens with zero attached hydrogens (tertiary/aromatic N) is 2. The molecule has 0 fully saturated rings. The molecule has 6 heteroatoms. The number of carbonyl (C=O) groups is 1. The normalized spacial score (nSPS) is 10.2. The topological polar surface area (TPSA) is 65.4 Å². The van der Waals surface area contributed by atoms with Crippen LogP contribution in [-0.4, -0.2) is 30.0 Å². The number of nitrogens with one attached hydrogen (secondary N) is 1. The van der Waals surface area contributed by atoms with Crippen LogP contribution < -0.4 is 10.1 Å². The van der Waals surface area contributed by atoms with E-state index >= 15 is 0 Å². The molecule has 0 saturated heterocycles. The van der Waals surface area contributed by atoms with Crippen molar-refractivity contribution in [1.82, 2.24) is 9.78 Å². The molecule has 2 rings (SSSR count). The van der Waals surface area contributed by atoms with E-state index in [2.05, 4.69) is 10.4 Å². The number of aryl methyl sites for hydroxylation is 2. The zero-order chi connectivity index (χ0) is 14.7. The Morgan fingerprint density at radius 1 is 1.30 bits per heavy atom. The molecule has 0 bridgehead atoms. The summed E-state index contributed by atoms with van der Waals surface area (Å²) in [6.07, 6.45) is 0. The van der Waals surface area contributed by atoms with Crippen molar-refractivity contribution in [2.45, 2.75) is 6.92 Å². The van der Waals surface area contributed by atoms with Crippen molar-refractivity contribution in [1.29, 1.82) is 0 Å². The number of hydrogen-bond acceptors (Lipinski definition) is 5. The summed E-state index contributed by atoms with van der Waals surface area (Å²) in [5.41, 5.74) is 1.94. The molecule has 2 aromatic rings. The molecular weight excluding hydrogens is 258 g/mol. The Morgan fingerprint density at radius 3 is 2.60 bits per heavy atom. The first-order chi connectivity index (χ1) is 9.55. The summed E-state index contributed by atoms with van der Waals surface area (Å²) in [5.74, 6) is 0.959. The molecule has 0 radical (unpaired) electrons. The third-order valence-electron chi connectivity index (χ3n) is 2.90. The van der Waals surface area contributed by atoms with Gasteiger partial charge in [-0.2, -0.15) is 5.10 Å². The molecule has 0 amide bonds. The fourth-order valence-corrected chi connectivity index (χ4v) is 1.90. The third kappa shape index (κ3) is 2.74. The Labute approximate surface area is 117 Å². The van der Waals surface area contributed by atoms with Crippen LogP contribution in [0.15, 0.2) is 24.3 Å². The maximum Gasteiger partial charge on any atom is 0.340 e. The van der Waals surface area contributed by atoms with E-state index in [0.29, 0.717) is 17.0 Å². The van der Waals surface area contributed by atoms with Gasteiger partial charge in [0, 0.05) is 13.1 Å². The Bertz CT molecular complexity index is 635. The second kappa shape index (κ2) is 5.64. The van der Waals surface area contributed by atoms with Gasteiger partial charge < -0.3 is 14.8 Å². The third-order valence-corrected chi connectivity index (χ3v) is 2.90. The molecule has 0 saturated carbocycles. The van der Waals surface area contributed by atoms with Gasteiger partial charge in [0.1, 0.15) is 11.6 Å². The van der Waals surface area contributed by atoms with Gasteiger partial charge in [0.2, 0.25) is 0 Å². The Kier molecular flexibility index (Phi) is 3.93. The largest absolute Gasteiger partial charge is 0.497 e. The molecule has 6 nitrogen and oxygen atoms in total. The van der Waals surface area contributed by atoms with Crippen LogP contribution in [0.3, 0.4) is 0 Å². The van der Waals surface area contributed by atoms with Gasteiger partial charge in [0.15, 0.2) is 0 Å². The monoisotopic (exact) mass is 275 g/mol. The first-order valence-corrected chi connectivity index (χ1v) is 6.09. The number of rotatable bonds is 4. The average molecular weight is 275 g/mol. The fourth-order valence-electron chi connectivity index (χ4n) is 1.90. The quantitative estimate of drug-likeness (QED) is 0.867. The molecule has 0 atom stereocenters. The summed E-state index contributed by atoms with van der Waals surface area (Å²) < 4.78 is 11.6. The Hall–Kier alpha value is -2.50. The standard InChI is InChI=1S/C14H17N3O3/c1-9-7-13(17(2)16-9)15-12-6-5-10(19-3)8-11(12)14(18)20-4/h5-8,15H,1-4H3. The molecule has 0 aliphatic heterocycles. The zero-order valence-corrected chi connectivity index (χ0v) is 11.9. The average Bonchev–Trinajstić information content (AvgIpc) is 2.76. The fraction of sp³-hybridized carbons (Fsp3) is 0.286. The van der Waals surface area contributed by atoms with Crippen molar-refractivity contribution in [3.8, 4) is 5.75 Å². The molecule has 0 unspecified atom stereocenters. The van der Waals surface area contributed by atoms with E-state index in [1.807, 2.05) is 20.0 Å². The van der Waals surface area contributed by atoms with Crippen LogP contribution in [0.4, 0.5) is 11.5 Å². The minimum atomic E-state index is -0.426. The van der Waals surface area contributed by atoms with E-state index in [0.717, 1.165) is 11.5 Å². The van der Waals surface area contributed by atoms with E-state index in [1.165, 1.54) is 7.11 Å². The van der Waals surface area contributed by atoms with E-state index < -0.39 is 5.97 Å². The summed E-state index contributed by atoms with van der Waals surface area (Å²) >= 11 is 0. The van der Waals surface area contributed by atoms with Crippen molar-refractivity contribution >= 4 is 17.5 Å². The predicted octanol–water partition coefficient (Wildman–Crippen LogP) is 2.27. The number of benzene rings is 1. The number of anilines is 2. The summed E-state index contributed by atoms with van der Waals surface area (Å²) in [6.45, 7) is 1.90. The van der Waals surface area contributed by atoms with Gasteiger partial charge in [0.05, 0.1) is 31.2 Å². The number of aromatic nitrogens is 2. The summed E-state index contributed by atoms with van der Waals surface area (Å²) in [5, 5.41) is 7.42. The number of ether oxygens (including phenoxy) is 2. The highest BCUT2D eigenvalue weighted by molar-refractivity contribution is 5.96. The summed E-state index contributed by atoms with van der Waals surface area (Å²) in [6, 6.07) is 7.08. The van der Waals surface area contributed by atoms with E-state index in [9.17, 15) is 4.79 Å². The highest BCUT2D eigenvalue weighted by Crippen LogP contribution is 2.26. The maximum atomic E-state index is 11.8. The van der Waals surface area contributed by atoms with Crippen LogP contribution >= 0.6 is 0 Å². The Balaban J connectivity index is 2.40. The minimum Gasteiger partial charge on any atom is -0.497 e. The minimum absolute atomic E-state index is 0.408. The summed E-state index contributed by atoms with van der Waals surface area (Å²) in [7, 11) is 4.73. The van der Waals surface area contributed by atoms with E-state index in [-0.39, 0.29) is 0 Å². The van der Waals surface area contributed by atoms with E-state index in [1.54, 1.807) is 30.0 Å². The molecule has 0 spiro atoms. The molecule has 1 N–H and O–H groups in total. The van der Waals surface area contributed by atoms with Crippen molar-refractivity contribution in [3.63, 3.8) is 0 Å². The molecule has 0 aliphatic carbocycles. The molecule has 1 heterocycles. The van der Waals surface area contributed by atoms with Gasteiger partial charge in [-0.05, 0) is 25.1 Å². The number of carbonyl (C=O) groups excluding carboxylic acids is 1. The summed E-state index contributed by atoms with van der Waals surface area (Å²) in [4.78, 5) is 11.8. The lowest BCUT2D eigenvalue weighted by molar-refractivity contribution is 0.0601. The lowest BCUT2D eigenvalue weighted by Gasteiger charge is -2.12. The molecule has 1 aromatic carbocycles. The number of methoxy groups -OCH3 is 2. The van der Waals surface area contributed by atoms with Crippen molar-refractivity contribution in [2.24, 2.45) is 7.05 Å².